The molecule has 0 spiro atoms. The van der Waals surface area contributed by atoms with Crippen LogP contribution >= 0.6 is 0 Å². The minimum Gasteiger partial charge on any atom is -0.350 e. The number of amides is 2. The van der Waals surface area contributed by atoms with E-state index < -0.39 is 10.0 Å². The van der Waals surface area contributed by atoms with Crippen molar-refractivity contribution in [3.8, 4) is 0 Å². The molecule has 1 atom stereocenters. The molecule has 1 aliphatic heterocycles. The number of nitrogens with zero attached hydrogens (tertiary/aromatic N) is 2. The Morgan fingerprint density at radius 3 is 2.31 bits per heavy atom. The second kappa shape index (κ2) is 10.2. The van der Waals surface area contributed by atoms with E-state index in [9.17, 15) is 18.0 Å². The standard InChI is InChI=1S/C21H33N3O4S/c1-16(2)7-5-8-17(3)22-21(26)19-9-6-10-20(15-19)29(27,28)24-13-11-23(12-14-24)18(4)25/h6,9-10,15-17H,5,7-8,11-14H2,1-4H3,(H,22,26)/t17-/m0/s1. The summed E-state index contributed by atoms with van der Waals surface area (Å²) in [4.78, 5) is 25.7. The molecule has 0 aromatic heterocycles. The fraction of sp³-hybridized carbons (Fsp3) is 0.619. The van der Waals surface area contributed by atoms with Crippen LogP contribution in [0.4, 0.5) is 0 Å². The monoisotopic (exact) mass is 423 g/mol. The summed E-state index contributed by atoms with van der Waals surface area (Å²) in [5.74, 6) is 0.320. The lowest BCUT2D eigenvalue weighted by Crippen LogP contribution is -2.49. The molecule has 2 rings (SSSR count). The van der Waals surface area contributed by atoms with Crippen LogP contribution in [0, 0.1) is 5.92 Å². The predicted molar refractivity (Wildman–Crippen MR) is 113 cm³/mol. The topological polar surface area (TPSA) is 86.8 Å². The summed E-state index contributed by atoms with van der Waals surface area (Å²) < 4.78 is 27.3. The first kappa shape index (κ1) is 23.3. The average molecular weight is 424 g/mol. The zero-order valence-electron chi connectivity index (χ0n) is 17.8. The van der Waals surface area contributed by atoms with Crippen LogP contribution in [0.1, 0.15) is 57.3 Å². The third-order valence-electron chi connectivity index (χ3n) is 5.21. The van der Waals surface area contributed by atoms with Crippen molar-refractivity contribution in [1.82, 2.24) is 14.5 Å². The first-order chi connectivity index (χ1) is 13.6. The van der Waals surface area contributed by atoms with Gasteiger partial charge in [0.05, 0.1) is 4.90 Å². The first-order valence-corrected chi connectivity index (χ1v) is 11.7. The van der Waals surface area contributed by atoms with Crippen molar-refractivity contribution < 1.29 is 18.0 Å². The number of hydrogen-bond donors (Lipinski definition) is 1. The van der Waals surface area contributed by atoms with Crippen molar-refractivity contribution in [3.63, 3.8) is 0 Å². The van der Waals surface area contributed by atoms with E-state index in [0.29, 0.717) is 24.6 Å². The molecule has 162 valence electrons. The summed E-state index contributed by atoms with van der Waals surface area (Å²) >= 11 is 0. The van der Waals surface area contributed by atoms with Gasteiger partial charge in [-0.05, 0) is 37.5 Å². The molecule has 1 heterocycles. The lowest BCUT2D eigenvalue weighted by atomic mass is 10.0. The minimum atomic E-state index is -3.70. The highest BCUT2D eigenvalue weighted by Gasteiger charge is 2.29. The Bertz CT molecular complexity index is 815. The van der Waals surface area contributed by atoms with Gasteiger partial charge in [0.25, 0.3) is 5.91 Å². The Balaban J connectivity index is 2.02. The Labute approximate surface area is 174 Å². The van der Waals surface area contributed by atoms with Gasteiger partial charge < -0.3 is 10.2 Å². The summed E-state index contributed by atoms with van der Waals surface area (Å²) in [6.45, 7) is 9.06. The molecule has 29 heavy (non-hydrogen) atoms. The van der Waals surface area contributed by atoms with E-state index in [2.05, 4.69) is 19.2 Å². The largest absolute Gasteiger partial charge is 0.350 e. The smallest absolute Gasteiger partial charge is 0.251 e. The van der Waals surface area contributed by atoms with Crippen LogP contribution in [0.3, 0.4) is 0 Å². The minimum absolute atomic E-state index is 0.0289. The Morgan fingerprint density at radius 2 is 1.72 bits per heavy atom. The molecule has 0 bridgehead atoms. The van der Waals surface area contributed by atoms with Crippen molar-refractivity contribution in [1.29, 1.82) is 0 Å². The molecular weight excluding hydrogens is 390 g/mol. The van der Waals surface area contributed by atoms with Crippen LogP contribution < -0.4 is 5.32 Å². The number of benzene rings is 1. The number of sulfonamides is 1. The Kier molecular flexibility index (Phi) is 8.22. The van der Waals surface area contributed by atoms with E-state index >= 15 is 0 Å². The SMILES string of the molecule is CC(=O)N1CCN(S(=O)(=O)c2cccc(C(=O)N[C@@H](C)CCCC(C)C)c2)CC1. The maximum absolute atomic E-state index is 13.0. The second-order valence-electron chi connectivity index (χ2n) is 8.14. The zero-order chi connectivity index (χ0) is 21.6. The van der Waals surface area contributed by atoms with Gasteiger partial charge in [0.15, 0.2) is 0 Å². The van der Waals surface area contributed by atoms with E-state index in [1.807, 2.05) is 6.92 Å². The molecule has 2 amide bonds. The van der Waals surface area contributed by atoms with Crippen molar-refractivity contribution in [2.24, 2.45) is 5.92 Å². The lowest BCUT2D eigenvalue weighted by molar-refractivity contribution is -0.129. The third-order valence-corrected chi connectivity index (χ3v) is 7.11. The summed E-state index contributed by atoms with van der Waals surface area (Å²) in [6, 6.07) is 6.19. The maximum atomic E-state index is 13.0. The molecule has 7 nitrogen and oxygen atoms in total. The van der Waals surface area contributed by atoms with Gasteiger partial charge in [0.1, 0.15) is 0 Å². The lowest BCUT2D eigenvalue weighted by Gasteiger charge is -2.33. The van der Waals surface area contributed by atoms with Crippen LogP contribution in [0.2, 0.25) is 0 Å². The first-order valence-electron chi connectivity index (χ1n) is 10.3. The highest BCUT2D eigenvalue weighted by molar-refractivity contribution is 7.89. The summed E-state index contributed by atoms with van der Waals surface area (Å²) in [5, 5.41) is 2.95. The van der Waals surface area contributed by atoms with E-state index in [4.69, 9.17) is 0 Å². The summed E-state index contributed by atoms with van der Waals surface area (Å²) in [7, 11) is -3.70. The number of carbonyl (C=O) groups excluding carboxylic acids is 2. The van der Waals surface area contributed by atoms with Crippen LogP contribution in [0.15, 0.2) is 29.2 Å². The highest BCUT2D eigenvalue weighted by atomic mass is 32.2. The number of nitrogens with one attached hydrogen (secondary N) is 1. The second-order valence-corrected chi connectivity index (χ2v) is 10.1. The van der Waals surface area contributed by atoms with Gasteiger partial charge >= 0.3 is 0 Å². The fourth-order valence-electron chi connectivity index (χ4n) is 3.40. The number of carbonyl (C=O) groups is 2. The summed E-state index contributed by atoms with van der Waals surface area (Å²) in [6.07, 6.45) is 3.05. The van der Waals surface area contributed by atoms with E-state index in [0.717, 1.165) is 19.3 Å². The molecule has 0 unspecified atom stereocenters. The van der Waals surface area contributed by atoms with Crippen LogP contribution in [-0.2, 0) is 14.8 Å². The molecule has 1 aromatic carbocycles. The average Bonchev–Trinajstić information content (AvgIpc) is 2.67. The number of hydrogen-bond acceptors (Lipinski definition) is 4. The van der Waals surface area contributed by atoms with Gasteiger partial charge in [-0.3, -0.25) is 9.59 Å². The van der Waals surface area contributed by atoms with E-state index in [-0.39, 0.29) is 35.8 Å². The van der Waals surface area contributed by atoms with Crippen molar-refractivity contribution in [3.05, 3.63) is 29.8 Å². The molecule has 1 saturated heterocycles. The molecule has 0 radical (unpaired) electrons. The van der Waals surface area contributed by atoms with Gasteiger partial charge in [0, 0.05) is 44.7 Å². The van der Waals surface area contributed by atoms with Gasteiger partial charge in [0.2, 0.25) is 15.9 Å². The molecule has 1 fully saturated rings. The van der Waals surface area contributed by atoms with Crippen LogP contribution in [0.25, 0.3) is 0 Å². The van der Waals surface area contributed by atoms with Crippen molar-refractivity contribution in [2.75, 3.05) is 26.2 Å². The molecule has 1 N–H and O–H groups in total. The molecule has 8 heteroatoms. The van der Waals surface area contributed by atoms with Gasteiger partial charge in [-0.25, -0.2) is 8.42 Å². The maximum Gasteiger partial charge on any atom is 0.251 e. The molecule has 1 aromatic rings. The van der Waals surface area contributed by atoms with Gasteiger partial charge in [-0.2, -0.15) is 4.31 Å². The number of piperazine rings is 1. The van der Waals surface area contributed by atoms with Crippen molar-refractivity contribution >= 4 is 21.8 Å². The number of rotatable bonds is 8. The summed E-state index contributed by atoms with van der Waals surface area (Å²) in [5.41, 5.74) is 0.337. The Hall–Kier alpha value is -1.93. The third kappa shape index (κ3) is 6.54. The molecular formula is C21H33N3O4S. The quantitative estimate of drug-likeness (QED) is 0.696. The normalized spacial score (nSPS) is 16.7. The highest BCUT2D eigenvalue weighted by Crippen LogP contribution is 2.19. The predicted octanol–water partition coefficient (Wildman–Crippen LogP) is 2.48. The van der Waals surface area contributed by atoms with Gasteiger partial charge in [-0.15, -0.1) is 0 Å². The van der Waals surface area contributed by atoms with Gasteiger partial charge in [-0.1, -0.05) is 32.8 Å². The van der Waals surface area contributed by atoms with E-state index in [1.54, 1.807) is 17.0 Å². The van der Waals surface area contributed by atoms with Crippen molar-refractivity contribution in [2.45, 2.75) is 57.9 Å². The molecule has 0 saturated carbocycles. The Morgan fingerprint density at radius 1 is 1.07 bits per heavy atom. The van der Waals surface area contributed by atoms with Crippen LogP contribution in [0.5, 0.6) is 0 Å². The van der Waals surface area contributed by atoms with Crippen LogP contribution in [-0.4, -0.2) is 61.7 Å². The zero-order valence-corrected chi connectivity index (χ0v) is 18.7. The van der Waals surface area contributed by atoms with E-state index in [1.165, 1.54) is 23.4 Å². The molecule has 1 aliphatic rings. The fourth-order valence-corrected chi connectivity index (χ4v) is 4.87. The molecule has 0 aliphatic carbocycles.